The Labute approximate surface area is 87.3 Å². The van der Waals surface area contributed by atoms with Gasteiger partial charge in [0.1, 0.15) is 0 Å². The van der Waals surface area contributed by atoms with Gasteiger partial charge in [-0.3, -0.25) is 0 Å². The first kappa shape index (κ1) is 11.2. The van der Waals surface area contributed by atoms with Crippen molar-refractivity contribution in [3.05, 3.63) is 29.3 Å². The molecule has 0 spiro atoms. The van der Waals surface area contributed by atoms with Crippen LogP contribution in [0.25, 0.3) is 0 Å². The van der Waals surface area contributed by atoms with E-state index >= 15 is 0 Å². The molecule has 0 bridgehead atoms. The monoisotopic (exact) mass is 207 g/mol. The van der Waals surface area contributed by atoms with Crippen LogP contribution in [-0.2, 0) is 9.53 Å². The van der Waals surface area contributed by atoms with Crippen molar-refractivity contribution in [1.29, 1.82) is 0 Å². The van der Waals surface area contributed by atoms with E-state index in [2.05, 4.69) is 21.6 Å². The second kappa shape index (κ2) is 5.11. The quantitative estimate of drug-likeness (QED) is 0.397. The largest absolute Gasteiger partial charge is 0.456 e. The molecule has 3 nitrogen and oxygen atoms in total. The molecule has 78 valence electrons. The summed E-state index contributed by atoms with van der Waals surface area (Å²) in [6.45, 7) is 3.61. The molecule has 0 saturated heterocycles. The third-order valence-corrected chi connectivity index (χ3v) is 1.63. The van der Waals surface area contributed by atoms with Gasteiger partial charge in [-0.25, -0.2) is 9.78 Å². The highest BCUT2D eigenvalue weighted by Crippen LogP contribution is 2.03. The summed E-state index contributed by atoms with van der Waals surface area (Å²) in [4.78, 5) is 14.5. The first-order valence-electron chi connectivity index (χ1n) is 4.45. The minimum atomic E-state index is -0.596. The molecule has 1 aromatic heterocycles. The summed E-state index contributed by atoms with van der Waals surface area (Å²) in [5, 5.41) is 0. The maximum Gasteiger partial charge on any atom is 0.384 e. The average Bonchev–Trinajstić information content (AvgIpc) is 2.17. The number of pyridine rings is 1. The minimum absolute atomic E-state index is 0.286. The molecule has 15 heavy (non-hydrogen) atoms. The number of nitrogens with zero attached hydrogens (tertiary/aromatic N) is 1. The van der Waals surface area contributed by atoms with Gasteiger partial charge in [-0.1, -0.05) is 5.92 Å². The Hall–Kier alpha value is -1.89. The number of esters is 1. The molecule has 0 aliphatic rings. The molecule has 0 saturated carbocycles. The number of rotatable bonds is 1. The number of ether oxygens (including phenoxy) is 1. The Morgan fingerprint density at radius 2 is 2.33 bits per heavy atom. The summed E-state index contributed by atoms with van der Waals surface area (Å²) in [7, 11) is 0. The molecule has 0 radical (unpaired) electrons. The fourth-order valence-electron chi connectivity index (χ4n) is 0.948. The van der Waals surface area contributed by atoms with Gasteiger partial charge in [-0.05, 0) is 26.0 Å². The molecule has 4 heteroatoms. The molecule has 0 fully saturated rings. The molecule has 0 aromatic carbocycles. The van der Waals surface area contributed by atoms with E-state index in [1.54, 1.807) is 13.8 Å². The highest BCUT2D eigenvalue weighted by molar-refractivity contribution is 5.89. The zero-order valence-electron chi connectivity index (χ0n) is 8.50. The molecule has 0 aliphatic heterocycles. The SMILES string of the molecule is CCOC(=O)C#Cc1ccc(F)nc1C. The molecule has 1 aromatic rings. The molecular formula is C11H10FNO2. The topological polar surface area (TPSA) is 39.2 Å². The van der Waals surface area contributed by atoms with E-state index in [0.717, 1.165) is 0 Å². The van der Waals surface area contributed by atoms with Gasteiger partial charge in [0.15, 0.2) is 0 Å². The van der Waals surface area contributed by atoms with E-state index in [9.17, 15) is 9.18 Å². The molecule has 0 atom stereocenters. The second-order valence-corrected chi connectivity index (χ2v) is 2.74. The highest BCUT2D eigenvalue weighted by Gasteiger charge is 1.99. The van der Waals surface area contributed by atoms with Crippen LogP contribution in [0.1, 0.15) is 18.2 Å². The predicted octanol–water partition coefficient (Wildman–Crippen LogP) is 1.44. The summed E-state index contributed by atoms with van der Waals surface area (Å²) in [6.07, 6.45) is 0. The number of halogens is 1. The number of carbonyl (C=O) groups is 1. The van der Waals surface area contributed by atoms with Crippen LogP contribution in [0, 0.1) is 24.7 Å². The number of hydrogen-bond acceptors (Lipinski definition) is 3. The maximum atomic E-state index is 12.6. The molecule has 0 amide bonds. The van der Waals surface area contributed by atoms with Crippen molar-refractivity contribution >= 4 is 5.97 Å². The van der Waals surface area contributed by atoms with Crippen molar-refractivity contribution in [2.45, 2.75) is 13.8 Å². The van der Waals surface area contributed by atoms with Gasteiger partial charge in [-0.15, -0.1) is 0 Å². The van der Waals surface area contributed by atoms with Gasteiger partial charge < -0.3 is 4.74 Å². The van der Waals surface area contributed by atoms with Gasteiger partial charge in [-0.2, -0.15) is 4.39 Å². The van der Waals surface area contributed by atoms with Crippen LogP contribution in [0.5, 0.6) is 0 Å². The predicted molar refractivity (Wildman–Crippen MR) is 52.4 cm³/mol. The normalized spacial score (nSPS) is 9.00. The van der Waals surface area contributed by atoms with Gasteiger partial charge in [0.25, 0.3) is 0 Å². The summed E-state index contributed by atoms with van der Waals surface area (Å²) < 4.78 is 17.2. The van der Waals surface area contributed by atoms with E-state index in [0.29, 0.717) is 11.3 Å². The van der Waals surface area contributed by atoms with E-state index in [-0.39, 0.29) is 6.61 Å². The Kier molecular flexibility index (Phi) is 3.81. The van der Waals surface area contributed by atoms with E-state index < -0.39 is 11.9 Å². The lowest BCUT2D eigenvalue weighted by atomic mass is 10.2. The number of aromatic nitrogens is 1. The third-order valence-electron chi connectivity index (χ3n) is 1.63. The van der Waals surface area contributed by atoms with Crippen LogP contribution in [0.15, 0.2) is 12.1 Å². The van der Waals surface area contributed by atoms with E-state index in [4.69, 9.17) is 0 Å². The minimum Gasteiger partial charge on any atom is -0.456 e. The van der Waals surface area contributed by atoms with Gasteiger partial charge in [0, 0.05) is 11.5 Å². The van der Waals surface area contributed by atoms with Crippen molar-refractivity contribution in [1.82, 2.24) is 4.98 Å². The molecule has 0 N–H and O–H groups in total. The average molecular weight is 207 g/mol. The zero-order valence-corrected chi connectivity index (χ0v) is 8.50. The number of aryl methyl sites for hydroxylation is 1. The number of carbonyl (C=O) groups excluding carboxylic acids is 1. The highest BCUT2D eigenvalue weighted by atomic mass is 19.1. The Bertz CT molecular complexity index is 432. The molecular weight excluding hydrogens is 197 g/mol. The molecule has 0 unspecified atom stereocenters. The van der Waals surface area contributed by atoms with Crippen molar-refractivity contribution in [3.63, 3.8) is 0 Å². The Morgan fingerprint density at radius 3 is 2.93 bits per heavy atom. The van der Waals surface area contributed by atoms with E-state index in [1.807, 2.05) is 0 Å². The van der Waals surface area contributed by atoms with Crippen LogP contribution in [0.3, 0.4) is 0 Å². The lowest BCUT2D eigenvalue weighted by Gasteiger charge is -1.96. The molecule has 1 heterocycles. The first-order chi connectivity index (χ1) is 7.13. The van der Waals surface area contributed by atoms with Crippen molar-refractivity contribution < 1.29 is 13.9 Å². The van der Waals surface area contributed by atoms with Gasteiger partial charge in [0.05, 0.1) is 12.3 Å². The van der Waals surface area contributed by atoms with E-state index in [1.165, 1.54) is 12.1 Å². The summed E-state index contributed by atoms with van der Waals surface area (Å²) in [6, 6.07) is 2.67. The summed E-state index contributed by atoms with van der Waals surface area (Å²) in [5.41, 5.74) is 0.969. The number of hydrogen-bond donors (Lipinski definition) is 0. The van der Waals surface area contributed by atoms with Crippen LogP contribution in [0.4, 0.5) is 4.39 Å². The lowest BCUT2D eigenvalue weighted by Crippen LogP contribution is -2.00. The summed E-state index contributed by atoms with van der Waals surface area (Å²) >= 11 is 0. The van der Waals surface area contributed by atoms with Gasteiger partial charge >= 0.3 is 5.97 Å². The maximum absolute atomic E-state index is 12.6. The van der Waals surface area contributed by atoms with Crippen LogP contribution < -0.4 is 0 Å². The fraction of sp³-hybridized carbons (Fsp3) is 0.273. The fourth-order valence-corrected chi connectivity index (χ4v) is 0.948. The lowest BCUT2D eigenvalue weighted by molar-refractivity contribution is -0.136. The third kappa shape index (κ3) is 3.39. The molecule has 0 aliphatic carbocycles. The summed E-state index contributed by atoms with van der Waals surface area (Å²) in [5.74, 6) is 3.70. The van der Waals surface area contributed by atoms with Crippen LogP contribution in [-0.4, -0.2) is 17.6 Å². The van der Waals surface area contributed by atoms with Gasteiger partial charge in [0.2, 0.25) is 5.95 Å². The van der Waals surface area contributed by atoms with Crippen LogP contribution >= 0.6 is 0 Å². The molecule has 1 rings (SSSR count). The van der Waals surface area contributed by atoms with Crippen molar-refractivity contribution in [3.8, 4) is 11.8 Å². The van der Waals surface area contributed by atoms with Crippen LogP contribution in [0.2, 0.25) is 0 Å². The zero-order chi connectivity index (χ0) is 11.3. The first-order valence-corrected chi connectivity index (χ1v) is 4.45. The smallest absolute Gasteiger partial charge is 0.384 e. The second-order valence-electron chi connectivity index (χ2n) is 2.74. The Balaban J connectivity index is 2.84. The van der Waals surface area contributed by atoms with Crippen molar-refractivity contribution in [2.75, 3.05) is 6.61 Å². The van der Waals surface area contributed by atoms with Crippen molar-refractivity contribution in [2.24, 2.45) is 0 Å². The standard InChI is InChI=1S/C11H10FNO2/c1-3-15-11(14)7-5-9-4-6-10(12)13-8(9)2/h4,6H,3H2,1-2H3. The Morgan fingerprint density at radius 1 is 1.60 bits per heavy atom.